The van der Waals surface area contributed by atoms with E-state index in [2.05, 4.69) is 22.1 Å². The number of amides is 3. The van der Waals surface area contributed by atoms with Crippen molar-refractivity contribution in [3.63, 3.8) is 0 Å². The molecule has 192 valence electrons. The van der Waals surface area contributed by atoms with Gasteiger partial charge in [-0.1, -0.05) is 24.8 Å². The number of aromatic nitrogens is 1. The van der Waals surface area contributed by atoms with E-state index in [-0.39, 0.29) is 43.0 Å². The molecule has 1 aliphatic heterocycles. The number of carbonyl (C=O) groups is 2. The van der Waals surface area contributed by atoms with Crippen LogP contribution in [0, 0.1) is 23.6 Å². The average molecular weight is 499 g/mol. The third-order valence-corrected chi connectivity index (χ3v) is 5.85. The second-order valence-electron chi connectivity index (χ2n) is 8.76. The SMILES string of the molecule is COCC#Cc1cnc2c(c1)C(=O)N([C@@H](C)CO)C[C@H](C)[C@@H](CN(C)C(=O)Nc1cccc(F)c1)O2. The second kappa shape index (κ2) is 12.3. The zero-order chi connectivity index (χ0) is 26.2. The first-order chi connectivity index (χ1) is 17.2. The van der Waals surface area contributed by atoms with Crippen LogP contribution in [0.5, 0.6) is 5.88 Å². The number of hydrogen-bond donors (Lipinski definition) is 2. The van der Waals surface area contributed by atoms with Gasteiger partial charge in [0, 0.05) is 44.1 Å². The lowest BCUT2D eigenvalue weighted by molar-refractivity contribution is 0.0356. The first kappa shape index (κ1) is 26.9. The molecule has 0 unspecified atom stereocenters. The Morgan fingerprint density at radius 1 is 1.44 bits per heavy atom. The van der Waals surface area contributed by atoms with Gasteiger partial charge in [0.15, 0.2) is 0 Å². The molecule has 3 amide bonds. The van der Waals surface area contributed by atoms with Gasteiger partial charge >= 0.3 is 6.03 Å². The fourth-order valence-corrected chi connectivity index (χ4v) is 3.74. The number of aliphatic hydroxyl groups excluding tert-OH is 1. The number of benzene rings is 1. The molecule has 1 aromatic carbocycles. The molecular weight excluding hydrogens is 467 g/mol. The molecule has 1 aromatic heterocycles. The lowest BCUT2D eigenvalue weighted by atomic mass is 10.00. The molecule has 0 aliphatic carbocycles. The fourth-order valence-electron chi connectivity index (χ4n) is 3.74. The highest BCUT2D eigenvalue weighted by Gasteiger charge is 2.34. The van der Waals surface area contributed by atoms with Crippen LogP contribution in [0.15, 0.2) is 36.5 Å². The van der Waals surface area contributed by atoms with Crippen molar-refractivity contribution in [1.29, 1.82) is 0 Å². The van der Waals surface area contributed by atoms with Gasteiger partial charge in [-0.2, -0.15) is 0 Å². The highest BCUT2D eigenvalue weighted by Crippen LogP contribution is 2.27. The molecule has 0 fully saturated rings. The van der Waals surface area contributed by atoms with Crippen LogP contribution < -0.4 is 10.1 Å². The van der Waals surface area contributed by atoms with E-state index in [1.165, 1.54) is 36.4 Å². The zero-order valence-corrected chi connectivity index (χ0v) is 20.8. The number of pyridine rings is 1. The summed E-state index contributed by atoms with van der Waals surface area (Å²) in [5, 5.41) is 12.4. The first-order valence-corrected chi connectivity index (χ1v) is 11.6. The molecule has 36 heavy (non-hydrogen) atoms. The van der Waals surface area contributed by atoms with Crippen molar-refractivity contribution >= 4 is 17.6 Å². The van der Waals surface area contributed by atoms with E-state index in [4.69, 9.17) is 9.47 Å². The number of aliphatic hydroxyl groups is 1. The summed E-state index contributed by atoms with van der Waals surface area (Å²) in [6.45, 7) is 4.16. The minimum absolute atomic E-state index is 0.128. The summed E-state index contributed by atoms with van der Waals surface area (Å²) in [6, 6.07) is 6.36. The molecule has 0 spiro atoms. The summed E-state index contributed by atoms with van der Waals surface area (Å²) in [5.74, 6) is 4.88. The van der Waals surface area contributed by atoms with E-state index in [1.54, 1.807) is 31.0 Å². The Morgan fingerprint density at radius 2 is 2.22 bits per heavy atom. The zero-order valence-electron chi connectivity index (χ0n) is 20.8. The maximum atomic E-state index is 13.5. The molecule has 1 aliphatic rings. The number of carbonyl (C=O) groups excluding carboxylic acids is 2. The average Bonchev–Trinajstić information content (AvgIpc) is 2.86. The fraction of sp³-hybridized carbons (Fsp3) is 0.423. The smallest absolute Gasteiger partial charge is 0.321 e. The molecule has 3 atom stereocenters. The van der Waals surface area contributed by atoms with Gasteiger partial charge in [0.1, 0.15) is 24.1 Å². The van der Waals surface area contributed by atoms with Crippen LogP contribution in [-0.2, 0) is 4.74 Å². The molecule has 2 N–H and O–H groups in total. The highest BCUT2D eigenvalue weighted by molar-refractivity contribution is 5.97. The summed E-state index contributed by atoms with van der Waals surface area (Å²) in [7, 11) is 3.14. The van der Waals surface area contributed by atoms with Crippen LogP contribution in [0.3, 0.4) is 0 Å². The Morgan fingerprint density at radius 3 is 2.92 bits per heavy atom. The Balaban J connectivity index is 1.87. The van der Waals surface area contributed by atoms with Crippen LogP contribution in [0.4, 0.5) is 14.9 Å². The molecule has 10 heteroatoms. The highest BCUT2D eigenvalue weighted by atomic mass is 19.1. The second-order valence-corrected chi connectivity index (χ2v) is 8.76. The van der Waals surface area contributed by atoms with Gasteiger partial charge in [-0.25, -0.2) is 14.2 Å². The molecule has 2 aromatic rings. The van der Waals surface area contributed by atoms with Crippen molar-refractivity contribution in [3.05, 3.63) is 53.5 Å². The maximum absolute atomic E-state index is 13.5. The third kappa shape index (κ3) is 6.71. The molecule has 0 saturated heterocycles. The van der Waals surface area contributed by atoms with Gasteiger partial charge in [0.25, 0.3) is 5.91 Å². The lowest BCUT2D eigenvalue weighted by Gasteiger charge is -2.37. The van der Waals surface area contributed by atoms with Gasteiger partial charge in [0.2, 0.25) is 5.88 Å². The molecule has 3 rings (SSSR count). The van der Waals surface area contributed by atoms with Gasteiger partial charge in [-0.15, -0.1) is 0 Å². The topological polar surface area (TPSA) is 104 Å². The quantitative estimate of drug-likeness (QED) is 0.594. The summed E-state index contributed by atoms with van der Waals surface area (Å²) in [6.07, 6.45) is 0.990. The van der Waals surface area contributed by atoms with Crippen molar-refractivity contribution in [2.45, 2.75) is 26.0 Å². The number of nitrogens with one attached hydrogen (secondary N) is 1. The number of halogens is 1. The number of nitrogens with zero attached hydrogens (tertiary/aromatic N) is 3. The molecule has 9 nitrogen and oxygen atoms in total. The van der Waals surface area contributed by atoms with Gasteiger partial charge in [-0.05, 0) is 31.2 Å². The van der Waals surface area contributed by atoms with Gasteiger partial charge in [-0.3, -0.25) is 4.79 Å². The summed E-state index contributed by atoms with van der Waals surface area (Å²) >= 11 is 0. The van der Waals surface area contributed by atoms with Crippen molar-refractivity contribution in [2.75, 3.05) is 45.8 Å². The lowest BCUT2D eigenvalue weighted by Crippen LogP contribution is -2.50. The standard InChI is InChI=1S/C26H31FN4O5/c1-17-14-31(18(2)16-32)25(33)22-11-19(7-6-10-35-4)13-28-24(22)36-23(17)15-30(3)26(34)29-21-9-5-8-20(27)12-21/h5,8-9,11-13,17-18,23,32H,10,14-16H2,1-4H3,(H,29,34)/t17-,18-,23+/m0/s1. The van der Waals surface area contributed by atoms with E-state index in [9.17, 15) is 19.1 Å². The number of rotatable bonds is 6. The Labute approximate surface area is 210 Å². The first-order valence-electron chi connectivity index (χ1n) is 11.6. The number of likely N-dealkylation sites (N-methyl/N-ethyl adjacent to an activating group) is 1. The number of urea groups is 1. The van der Waals surface area contributed by atoms with Gasteiger partial charge < -0.3 is 29.7 Å². The van der Waals surface area contributed by atoms with E-state index in [1.807, 2.05) is 6.92 Å². The molecule has 2 heterocycles. The predicted octanol–water partition coefficient (Wildman–Crippen LogP) is 2.60. The van der Waals surface area contributed by atoms with Crippen LogP contribution in [0.1, 0.15) is 29.8 Å². The maximum Gasteiger partial charge on any atom is 0.321 e. The summed E-state index contributed by atoms with van der Waals surface area (Å²) in [4.78, 5) is 33.5. The number of ether oxygens (including phenoxy) is 2. The molecular formula is C26H31FN4O5. The number of anilines is 1. The van der Waals surface area contributed by atoms with Gasteiger partial charge in [0.05, 0.1) is 19.2 Å². The monoisotopic (exact) mass is 498 g/mol. The van der Waals surface area contributed by atoms with Crippen LogP contribution in [0.2, 0.25) is 0 Å². The Kier molecular flexibility index (Phi) is 9.22. The normalized spacial score (nSPS) is 18.1. The molecule has 0 saturated carbocycles. The van der Waals surface area contributed by atoms with E-state index >= 15 is 0 Å². The number of methoxy groups -OCH3 is 1. The van der Waals surface area contributed by atoms with Crippen molar-refractivity contribution in [1.82, 2.24) is 14.8 Å². The van der Waals surface area contributed by atoms with E-state index in [0.29, 0.717) is 17.8 Å². The summed E-state index contributed by atoms with van der Waals surface area (Å²) < 4.78 is 24.6. The number of fused-ring (bicyclic) bond motifs is 1. The van der Waals surface area contributed by atoms with Crippen molar-refractivity contribution < 1.29 is 28.6 Å². The minimum Gasteiger partial charge on any atom is -0.472 e. The summed E-state index contributed by atoms with van der Waals surface area (Å²) in [5.41, 5.74) is 1.08. The van der Waals surface area contributed by atoms with E-state index < -0.39 is 24.0 Å². The predicted molar refractivity (Wildman–Crippen MR) is 132 cm³/mol. The number of hydrogen-bond acceptors (Lipinski definition) is 6. The molecule has 0 radical (unpaired) electrons. The van der Waals surface area contributed by atoms with Crippen LogP contribution >= 0.6 is 0 Å². The Bertz CT molecular complexity index is 1150. The van der Waals surface area contributed by atoms with E-state index in [0.717, 1.165) is 0 Å². The van der Waals surface area contributed by atoms with Crippen molar-refractivity contribution in [3.8, 4) is 17.7 Å². The van der Waals surface area contributed by atoms with Crippen molar-refractivity contribution in [2.24, 2.45) is 5.92 Å². The van der Waals surface area contributed by atoms with Crippen LogP contribution in [-0.4, -0.2) is 84.4 Å². The third-order valence-electron chi connectivity index (χ3n) is 5.85. The van der Waals surface area contributed by atoms with Crippen LogP contribution in [0.25, 0.3) is 0 Å². The Hall–Kier alpha value is -3.68. The largest absolute Gasteiger partial charge is 0.472 e. The minimum atomic E-state index is -0.522. The molecule has 0 bridgehead atoms.